The number of nitrogens with zero attached hydrogens (tertiary/aromatic N) is 1. The maximum Gasteiger partial charge on any atom is 0.224 e. The number of carbonyl (C=O) groups excluding carboxylic acids is 1. The number of fused-ring (bicyclic) bond motifs is 1. The maximum atomic E-state index is 11.7. The average molecular weight is 324 g/mol. The van der Waals surface area contributed by atoms with Crippen molar-refractivity contribution in [1.82, 2.24) is 4.98 Å². The van der Waals surface area contributed by atoms with Gasteiger partial charge in [0.2, 0.25) is 5.91 Å². The summed E-state index contributed by atoms with van der Waals surface area (Å²) >= 11 is 1.74. The van der Waals surface area contributed by atoms with Crippen LogP contribution in [0.1, 0.15) is 36.8 Å². The molecular weight excluding hydrogens is 304 g/mol. The van der Waals surface area contributed by atoms with E-state index in [1.165, 1.54) is 10.3 Å². The molecule has 0 radical (unpaired) electrons. The van der Waals surface area contributed by atoms with Gasteiger partial charge in [-0.1, -0.05) is 37.6 Å². The topological polar surface area (TPSA) is 42.0 Å². The summed E-state index contributed by atoms with van der Waals surface area (Å²) in [5.74, 6) is 0.0887. The zero-order valence-electron chi connectivity index (χ0n) is 13.2. The van der Waals surface area contributed by atoms with E-state index in [0.717, 1.165) is 35.5 Å². The van der Waals surface area contributed by atoms with E-state index in [-0.39, 0.29) is 5.91 Å². The molecule has 0 unspecified atom stereocenters. The normalized spacial score (nSPS) is 10.8. The summed E-state index contributed by atoms with van der Waals surface area (Å²) in [6.07, 6.45) is 3.38. The SMILES string of the molecule is CCCCC(=O)Nc1ccc(Cc2nc3ccccc3s2)cc1. The predicted octanol–water partition coefficient (Wildman–Crippen LogP) is 5.02. The van der Waals surface area contributed by atoms with Gasteiger partial charge in [-0.15, -0.1) is 11.3 Å². The van der Waals surface area contributed by atoms with Crippen molar-refractivity contribution in [2.24, 2.45) is 0 Å². The van der Waals surface area contributed by atoms with Crippen molar-refractivity contribution in [1.29, 1.82) is 0 Å². The van der Waals surface area contributed by atoms with E-state index >= 15 is 0 Å². The molecule has 0 aliphatic carbocycles. The van der Waals surface area contributed by atoms with Gasteiger partial charge in [-0.2, -0.15) is 0 Å². The molecule has 4 heteroatoms. The van der Waals surface area contributed by atoms with E-state index in [9.17, 15) is 4.79 Å². The molecule has 0 saturated heterocycles. The number of para-hydroxylation sites is 1. The molecule has 2 aromatic carbocycles. The number of anilines is 1. The molecule has 3 aromatic rings. The molecule has 3 nitrogen and oxygen atoms in total. The van der Waals surface area contributed by atoms with Crippen LogP contribution < -0.4 is 5.32 Å². The van der Waals surface area contributed by atoms with Gasteiger partial charge in [-0.3, -0.25) is 4.79 Å². The maximum absolute atomic E-state index is 11.7. The molecule has 0 aliphatic heterocycles. The number of rotatable bonds is 6. The zero-order valence-corrected chi connectivity index (χ0v) is 14.0. The van der Waals surface area contributed by atoms with Gasteiger partial charge in [0.25, 0.3) is 0 Å². The number of thiazole rings is 1. The Bertz CT molecular complexity index is 759. The highest BCUT2D eigenvalue weighted by molar-refractivity contribution is 7.18. The van der Waals surface area contributed by atoms with E-state index in [1.54, 1.807) is 11.3 Å². The molecule has 0 atom stereocenters. The lowest BCUT2D eigenvalue weighted by atomic mass is 10.1. The molecule has 0 spiro atoms. The highest BCUT2D eigenvalue weighted by atomic mass is 32.1. The van der Waals surface area contributed by atoms with E-state index in [2.05, 4.69) is 35.4 Å². The quantitative estimate of drug-likeness (QED) is 0.692. The van der Waals surface area contributed by atoms with Gasteiger partial charge in [0.1, 0.15) is 0 Å². The van der Waals surface area contributed by atoms with E-state index in [4.69, 9.17) is 0 Å². The van der Waals surface area contributed by atoms with Crippen molar-refractivity contribution < 1.29 is 4.79 Å². The minimum Gasteiger partial charge on any atom is -0.326 e. The average Bonchev–Trinajstić information content (AvgIpc) is 2.97. The van der Waals surface area contributed by atoms with Crippen LogP contribution in [-0.2, 0) is 11.2 Å². The second-order valence-corrected chi connectivity index (χ2v) is 6.72. The number of nitrogens with one attached hydrogen (secondary N) is 1. The van der Waals surface area contributed by atoms with Gasteiger partial charge in [0, 0.05) is 18.5 Å². The molecule has 1 amide bonds. The predicted molar refractivity (Wildman–Crippen MR) is 97.0 cm³/mol. The molecule has 118 valence electrons. The molecule has 23 heavy (non-hydrogen) atoms. The molecule has 3 rings (SSSR count). The molecule has 0 fully saturated rings. The molecule has 1 heterocycles. The Morgan fingerprint density at radius 3 is 2.65 bits per heavy atom. The second-order valence-electron chi connectivity index (χ2n) is 5.60. The summed E-state index contributed by atoms with van der Waals surface area (Å²) in [7, 11) is 0. The van der Waals surface area contributed by atoms with Crippen LogP contribution in [0.3, 0.4) is 0 Å². The minimum absolute atomic E-state index is 0.0887. The molecule has 0 bridgehead atoms. The Kier molecular flexibility index (Phi) is 5.03. The first-order valence-corrected chi connectivity index (χ1v) is 8.79. The van der Waals surface area contributed by atoms with E-state index < -0.39 is 0 Å². The highest BCUT2D eigenvalue weighted by Crippen LogP contribution is 2.24. The molecular formula is C19H20N2OS. The van der Waals surface area contributed by atoms with Crippen molar-refractivity contribution in [3.05, 3.63) is 59.1 Å². The van der Waals surface area contributed by atoms with Crippen LogP contribution in [0.15, 0.2) is 48.5 Å². The lowest BCUT2D eigenvalue weighted by Crippen LogP contribution is -2.10. The zero-order chi connectivity index (χ0) is 16.1. The fourth-order valence-corrected chi connectivity index (χ4v) is 3.44. The van der Waals surface area contributed by atoms with Crippen LogP contribution in [0.25, 0.3) is 10.2 Å². The van der Waals surface area contributed by atoms with Crippen molar-refractivity contribution in [3.63, 3.8) is 0 Å². The summed E-state index contributed by atoms with van der Waals surface area (Å²) in [5, 5.41) is 4.05. The summed E-state index contributed by atoms with van der Waals surface area (Å²) in [5.41, 5.74) is 3.13. The number of aromatic nitrogens is 1. The van der Waals surface area contributed by atoms with Crippen LogP contribution in [0.2, 0.25) is 0 Å². The number of amides is 1. The molecule has 0 aliphatic rings. The number of carbonyl (C=O) groups is 1. The number of unbranched alkanes of at least 4 members (excludes halogenated alkanes) is 1. The molecule has 1 N–H and O–H groups in total. The van der Waals surface area contributed by atoms with Gasteiger partial charge in [0.15, 0.2) is 0 Å². The van der Waals surface area contributed by atoms with Crippen LogP contribution in [0, 0.1) is 0 Å². The fraction of sp³-hybridized carbons (Fsp3) is 0.263. The third-order valence-corrected chi connectivity index (χ3v) is 4.72. The van der Waals surface area contributed by atoms with Crippen LogP contribution in [-0.4, -0.2) is 10.9 Å². The van der Waals surface area contributed by atoms with Crippen molar-refractivity contribution in [3.8, 4) is 0 Å². The van der Waals surface area contributed by atoms with Crippen LogP contribution in [0.5, 0.6) is 0 Å². The third-order valence-electron chi connectivity index (χ3n) is 3.69. The lowest BCUT2D eigenvalue weighted by Gasteiger charge is -2.05. The fourth-order valence-electron chi connectivity index (χ4n) is 2.44. The minimum atomic E-state index is 0.0887. The standard InChI is InChI=1S/C19H20N2OS/c1-2-3-8-18(22)20-15-11-9-14(10-12-15)13-19-21-16-6-4-5-7-17(16)23-19/h4-7,9-12H,2-3,8,13H2,1H3,(H,20,22). The molecule has 1 aromatic heterocycles. The van der Waals surface area contributed by atoms with E-state index in [0.29, 0.717) is 6.42 Å². The van der Waals surface area contributed by atoms with E-state index in [1.807, 2.05) is 30.3 Å². The Balaban J connectivity index is 1.64. The van der Waals surface area contributed by atoms with Gasteiger partial charge >= 0.3 is 0 Å². The summed E-state index contributed by atoms with van der Waals surface area (Å²) in [6.45, 7) is 2.09. The Morgan fingerprint density at radius 1 is 1.13 bits per heavy atom. The van der Waals surface area contributed by atoms with Crippen LogP contribution in [0.4, 0.5) is 5.69 Å². The van der Waals surface area contributed by atoms with Crippen molar-refractivity contribution in [2.45, 2.75) is 32.6 Å². The first-order chi connectivity index (χ1) is 11.2. The Morgan fingerprint density at radius 2 is 1.91 bits per heavy atom. The van der Waals surface area contributed by atoms with Crippen molar-refractivity contribution >= 4 is 33.1 Å². The van der Waals surface area contributed by atoms with Gasteiger partial charge in [0.05, 0.1) is 15.2 Å². The number of benzene rings is 2. The Hall–Kier alpha value is -2.20. The number of hydrogen-bond donors (Lipinski definition) is 1. The smallest absolute Gasteiger partial charge is 0.224 e. The first kappa shape index (κ1) is 15.7. The molecule has 0 saturated carbocycles. The number of hydrogen-bond acceptors (Lipinski definition) is 3. The monoisotopic (exact) mass is 324 g/mol. The van der Waals surface area contributed by atoms with Crippen LogP contribution >= 0.6 is 11.3 Å². The summed E-state index contributed by atoms with van der Waals surface area (Å²) < 4.78 is 1.22. The van der Waals surface area contributed by atoms with Gasteiger partial charge in [-0.05, 0) is 36.2 Å². The van der Waals surface area contributed by atoms with Crippen molar-refractivity contribution in [2.75, 3.05) is 5.32 Å². The lowest BCUT2D eigenvalue weighted by molar-refractivity contribution is -0.116. The summed E-state index contributed by atoms with van der Waals surface area (Å²) in [6, 6.07) is 16.2. The second kappa shape index (κ2) is 7.38. The first-order valence-electron chi connectivity index (χ1n) is 7.98. The van der Waals surface area contributed by atoms with Gasteiger partial charge < -0.3 is 5.32 Å². The van der Waals surface area contributed by atoms with Gasteiger partial charge in [-0.25, -0.2) is 4.98 Å². The Labute approximate surface area is 140 Å². The third kappa shape index (κ3) is 4.17. The summed E-state index contributed by atoms with van der Waals surface area (Å²) in [4.78, 5) is 16.4. The largest absolute Gasteiger partial charge is 0.326 e. The highest BCUT2D eigenvalue weighted by Gasteiger charge is 2.05.